The van der Waals surface area contributed by atoms with Crippen LogP contribution in [0.5, 0.6) is 11.8 Å². The lowest BCUT2D eigenvalue weighted by atomic mass is 9.85. The largest absolute Gasteiger partial charge is 0.479 e. The van der Waals surface area contributed by atoms with E-state index in [4.69, 9.17) is 15.2 Å². The fraction of sp³-hybridized carbons (Fsp3) is 0.692. The number of anilines is 1. The Hall–Kier alpha value is -1.52. The normalized spacial score (nSPS) is 23.7. The number of nitrogens with two attached hydrogens (primary N) is 1. The summed E-state index contributed by atoms with van der Waals surface area (Å²) in [5, 5.41) is 0. The minimum Gasteiger partial charge on any atom is -0.479 e. The van der Waals surface area contributed by atoms with Gasteiger partial charge >= 0.3 is 0 Å². The van der Waals surface area contributed by atoms with Gasteiger partial charge in [-0.2, -0.15) is 9.97 Å². The Balaban J connectivity index is 2.04. The van der Waals surface area contributed by atoms with E-state index in [-0.39, 0.29) is 6.10 Å². The van der Waals surface area contributed by atoms with E-state index < -0.39 is 0 Å². The number of hydrogen-bond acceptors (Lipinski definition) is 5. The average Bonchev–Trinajstić information content (AvgIpc) is 2.41. The van der Waals surface area contributed by atoms with Crippen molar-refractivity contribution in [1.82, 2.24) is 9.97 Å². The summed E-state index contributed by atoms with van der Waals surface area (Å²) in [5.41, 5.74) is 6.29. The lowest BCUT2D eigenvalue weighted by Crippen LogP contribution is -2.25. The van der Waals surface area contributed by atoms with E-state index in [9.17, 15) is 0 Å². The minimum atomic E-state index is 0.214. The zero-order valence-corrected chi connectivity index (χ0v) is 11.1. The molecule has 18 heavy (non-hydrogen) atoms. The van der Waals surface area contributed by atoms with Gasteiger partial charge in [-0.05, 0) is 25.2 Å². The fourth-order valence-electron chi connectivity index (χ4n) is 2.50. The minimum absolute atomic E-state index is 0.214. The molecule has 1 aromatic rings. The summed E-state index contributed by atoms with van der Waals surface area (Å²) in [6.07, 6.45) is 7.52. The SMILES string of the molecule is CCC1CCCC(Oc2ncnc(OC)c2N)C1. The zero-order valence-electron chi connectivity index (χ0n) is 11.1. The van der Waals surface area contributed by atoms with Crippen LogP contribution >= 0.6 is 0 Å². The van der Waals surface area contributed by atoms with Crippen LogP contribution in [-0.2, 0) is 0 Å². The van der Waals surface area contributed by atoms with Gasteiger partial charge in [0.1, 0.15) is 12.4 Å². The number of rotatable bonds is 4. The highest BCUT2D eigenvalue weighted by Crippen LogP contribution is 2.32. The van der Waals surface area contributed by atoms with Crippen molar-refractivity contribution in [1.29, 1.82) is 0 Å². The molecule has 0 aliphatic heterocycles. The van der Waals surface area contributed by atoms with Crippen molar-refractivity contribution in [3.8, 4) is 11.8 Å². The van der Waals surface area contributed by atoms with Crippen molar-refractivity contribution in [2.45, 2.75) is 45.1 Å². The molecule has 0 aromatic carbocycles. The second kappa shape index (κ2) is 5.89. The summed E-state index contributed by atoms with van der Waals surface area (Å²) >= 11 is 0. The van der Waals surface area contributed by atoms with E-state index in [2.05, 4.69) is 16.9 Å². The van der Waals surface area contributed by atoms with Crippen molar-refractivity contribution in [3.05, 3.63) is 6.33 Å². The maximum absolute atomic E-state index is 5.90. The highest BCUT2D eigenvalue weighted by atomic mass is 16.5. The molecule has 0 amide bonds. The van der Waals surface area contributed by atoms with Crippen molar-refractivity contribution in [2.75, 3.05) is 12.8 Å². The van der Waals surface area contributed by atoms with E-state index in [1.807, 2.05) is 0 Å². The van der Waals surface area contributed by atoms with Gasteiger partial charge in [0, 0.05) is 0 Å². The van der Waals surface area contributed by atoms with Crippen LogP contribution in [-0.4, -0.2) is 23.2 Å². The summed E-state index contributed by atoms with van der Waals surface area (Å²) < 4.78 is 11.0. The first-order chi connectivity index (χ1) is 8.74. The third kappa shape index (κ3) is 2.83. The van der Waals surface area contributed by atoms with Crippen LogP contribution in [0.4, 0.5) is 5.69 Å². The van der Waals surface area contributed by atoms with Gasteiger partial charge in [0.15, 0.2) is 5.69 Å². The predicted octanol–water partition coefficient (Wildman–Crippen LogP) is 2.42. The first kappa shape index (κ1) is 12.9. The van der Waals surface area contributed by atoms with E-state index in [1.165, 1.54) is 32.7 Å². The predicted molar refractivity (Wildman–Crippen MR) is 69.7 cm³/mol. The first-order valence-corrected chi connectivity index (χ1v) is 6.55. The molecule has 0 saturated heterocycles. The van der Waals surface area contributed by atoms with Gasteiger partial charge in [-0.25, -0.2) is 0 Å². The van der Waals surface area contributed by atoms with E-state index >= 15 is 0 Å². The number of nitrogen functional groups attached to an aromatic ring is 1. The van der Waals surface area contributed by atoms with Crippen LogP contribution in [0.2, 0.25) is 0 Å². The molecule has 1 heterocycles. The van der Waals surface area contributed by atoms with Crippen LogP contribution in [0.3, 0.4) is 0 Å². The molecule has 0 bridgehead atoms. The lowest BCUT2D eigenvalue weighted by Gasteiger charge is -2.28. The molecule has 1 aliphatic rings. The van der Waals surface area contributed by atoms with Gasteiger partial charge in [-0.3, -0.25) is 0 Å². The number of methoxy groups -OCH3 is 1. The van der Waals surface area contributed by atoms with E-state index in [1.54, 1.807) is 0 Å². The third-order valence-corrected chi connectivity index (χ3v) is 3.59. The molecule has 100 valence electrons. The summed E-state index contributed by atoms with van der Waals surface area (Å²) in [4.78, 5) is 8.04. The van der Waals surface area contributed by atoms with Crippen molar-refractivity contribution >= 4 is 5.69 Å². The number of nitrogens with zero attached hydrogens (tertiary/aromatic N) is 2. The highest BCUT2D eigenvalue weighted by molar-refractivity contribution is 5.55. The summed E-state index contributed by atoms with van der Waals surface area (Å²) in [7, 11) is 1.54. The molecule has 2 rings (SSSR count). The number of ether oxygens (including phenoxy) is 2. The molecule has 0 spiro atoms. The average molecular weight is 251 g/mol. The Morgan fingerprint density at radius 3 is 2.83 bits per heavy atom. The molecule has 1 aliphatic carbocycles. The fourth-order valence-corrected chi connectivity index (χ4v) is 2.50. The van der Waals surface area contributed by atoms with Crippen molar-refractivity contribution < 1.29 is 9.47 Å². The maximum atomic E-state index is 5.90. The highest BCUT2D eigenvalue weighted by Gasteiger charge is 2.23. The first-order valence-electron chi connectivity index (χ1n) is 6.55. The monoisotopic (exact) mass is 251 g/mol. The van der Waals surface area contributed by atoms with Crippen LogP contribution < -0.4 is 15.2 Å². The molecule has 1 saturated carbocycles. The molecule has 2 unspecified atom stereocenters. The molecule has 0 radical (unpaired) electrons. The Morgan fingerprint density at radius 2 is 2.11 bits per heavy atom. The molecular weight excluding hydrogens is 230 g/mol. The van der Waals surface area contributed by atoms with Gasteiger partial charge < -0.3 is 15.2 Å². The number of aromatic nitrogens is 2. The van der Waals surface area contributed by atoms with Gasteiger partial charge in [0.2, 0.25) is 11.8 Å². The zero-order chi connectivity index (χ0) is 13.0. The second-order valence-corrected chi connectivity index (χ2v) is 4.78. The van der Waals surface area contributed by atoms with Crippen molar-refractivity contribution in [2.24, 2.45) is 5.92 Å². The Bertz CT molecular complexity index is 398. The third-order valence-electron chi connectivity index (χ3n) is 3.59. The standard InChI is InChI=1S/C13H21N3O2/c1-3-9-5-4-6-10(7-9)18-13-11(14)12(17-2)15-8-16-13/h8-10H,3-7,14H2,1-2H3. The summed E-state index contributed by atoms with van der Waals surface area (Å²) in [6.45, 7) is 2.23. The van der Waals surface area contributed by atoms with Gasteiger partial charge in [0.25, 0.3) is 0 Å². The Kier molecular flexibility index (Phi) is 4.23. The van der Waals surface area contributed by atoms with E-state index in [0.29, 0.717) is 17.4 Å². The summed E-state index contributed by atoms with van der Waals surface area (Å²) in [6, 6.07) is 0. The quantitative estimate of drug-likeness (QED) is 0.889. The molecule has 5 nitrogen and oxygen atoms in total. The van der Waals surface area contributed by atoms with Crippen LogP contribution in [0.25, 0.3) is 0 Å². The Labute approximate surface area is 108 Å². The molecule has 2 atom stereocenters. The molecule has 5 heteroatoms. The molecular formula is C13H21N3O2. The number of hydrogen-bond donors (Lipinski definition) is 1. The molecule has 1 aromatic heterocycles. The van der Waals surface area contributed by atoms with Gasteiger partial charge in [-0.15, -0.1) is 0 Å². The summed E-state index contributed by atoms with van der Waals surface area (Å²) in [5.74, 6) is 1.58. The molecule has 1 fully saturated rings. The Morgan fingerprint density at radius 1 is 1.33 bits per heavy atom. The smallest absolute Gasteiger partial charge is 0.244 e. The second-order valence-electron chi connectivity index (χ2n) is 4.78. The van der Waals surface area contributed by atoms with Gasteiger partial charge in [0.05, 0.1) is 7.11 Å². The van der Waals surface area contributed by atoms with Crippen LogP contribution in [0.1, 0.15) is 39.0 Å². The maximum Gasteiger partial charge on any atom is 0.244 e. The van der Waals surface area contributed by atoms with Crippen molar-refractivity contribution in [3.63, 3.8) is 0 Å². The topological polar surface area (TPSA) is 70.3 Å². The van der Waals surface area contributed by atoms with Crippen LogP contribution in [0.15, 0.2) is 6.33 Å². The van der Waals surface area contributed by atoms with Gasteiger partial charge in [-0.1, -0.05) is 19.8 Å². The lowest BCUT2D eigenvalue weighted by molar-refractivity contribution is 0.117. The van der Waals surface area contributed by atoms with Crippen LogP contribution in [0, 0.1) is 5.92 Å². The molecule has 2 N–H and O–H groups in total. The van der Waals surface area contributed by atoms with E-state index in [0.717, 1.165) is 18.8 Å².